The first-order valence-electron chi connectivity index (χ1n) is 7.74. The standard InChI is InChI=1S/C18H16FN3O/c19-13-7-2-1-6-12(13)18(23)22-11-5-10-16(22)17-20-14-8-3-4-9-15(14)21-17/h1-4,6-9,16H,5,10-11H2,(H,20,21)/t16-/m0/s1. The van der Waals surface area contributed by atoms with Crippen LogP contribution in [0.2, 0.25) is 0 Å². The van der Waals surface area contributed by atoms with Gasteiger partial charge < -0.3 is 9.88 Å². The Labute approximate surface area is 133 Å². The SMILES string of the molecule is O=C(c1ccccc1F)N1CCC[C@H]1c1nc2ccccc2[nH]1. The molecule has 1 saturated heterocycles. The molecule has 2 aromatic carbocycles. The van der Waals surface area contributed by atoms with E-state index >= 15 is 0 Å². The number of nitrogens with zero attached hydrogens (tertiary/aromatic N) is 2. The summed E-state index contributed by atoms with van der Waals surface area (Å²) in [5.74, 6) is 0.0206. The lowest BCUT2D eigenvalue weighted by atomic mass is 10.1. The van der Waals surface area contributed by atoms with Gasteiger partial charge in [-0.1, -0.05) is 24.3 Å². The Balaban J connectivity index is 1.69. The molecule has 0 aliphatic carbocycles. The second-order valence-electron chi connectivity index (χ2n) is 5.78. The molecule has 1 atom stereocenters. The molecule has 1 amide bonds. The number of carbonyl (C=O) groups excluding carboxylic acids is 1. The van der Waals surface area contributed by atoms with Gasteiger partial charge in [0, 0.05) is 6.54 Å². The number of amides is 1. The highest BCUT2D eigenvalue weighted by Gasteiger charge is 2.33. The van der Waals surface area contributed by atoms with E-state index in [1.54, 1.807) is 17.0 Å². The van der Waals surface area contributed by atoms with E-state index in [4.69, 9.17) is 0 Å². The van der Waals surface area contributed by atoms with Crippen molar-refractivity contribution >= 4 is 16.9 Å². The normalized spacial score (nSPS) is 17.8. The Morgan fingerprint density at radius 3 is 2.78 bits per heavy atom. The molecule has 0 saturated carbocycles. The number of aromatic nitrogens is 2. The number of benzene rings is 2. The van der Waals surface area contributed by atoms with Crippen molar-refractivity contribution in [2.45, 2.75) is 18.9 Å². The summed E-state index contributed by atoms with van der Waals surface area (Å²) in [5.41, 5.74) is 1.95. The predicted octanol–water partition coefficient (Wildman–Crippen LogP) is 3.68. The van der Waals surface area contributed by atoms with Crippen LogP contribution in [0.4, 0.5) is 4.39 Å². The van der Waals surface area contributed by atoms with Gasteiger partial charge in [-0.25, -0.2) is 9.37 Å². The van der Waals surface area contributed by atoms with Crippen LogP contribution >= 0.6 is 0 Å². The molecule has 1 aromatic heterocycles. The number of para-hydroxylation sites is 2. The Bertz CT molecular complexity index is 840. The van der Waals surface area contributed by atoms with Gasteiger partial charge in [0.1, 0.15) is 11.6 Å². The molecule has 23 heavy (non-hydrogen) atoms. The predicted molar refractivity (Wildman–Crippen MR) is 85.5 cm³/mol. The number of carbonyl (C=O) groups is 1. The molecule has 3 aromatic rings. The smallest absolute Gasteiger partial charge is 0.257 e. The van der Waals surface area contributed by atoms with Gasteiger partial charge in [0.15, 0.2) is 0 Å². The van der Waals surface area contributed by atoms with Gasteiger partial charge in [-0.05, 0) is 37.1 Å². The number of fused-ring (bicyclic) bond motifs is 1. The zero-order chi connectivity index (χ0) is 15.8. The lowest BCUT2D eigenvalue weighted by molar-refractivity contribution is 0.0726. The topological polar surface area (TPSA) is 49.0 Å². The fourth-order valence-corrected chi connectivity index (χ4v) is 3.21. The fourth-order valence-electron chi connectivity index (χ4n) is 3.21. The first-order chi connectivity index (χ1) is 11.2. The molecule has 116 valence electrons. The highest BCUT2D eigenvalue weighted by molar-refractivity contribution is 5.95. The summed E-state index contributed by atoms with van der Waals surface area (Å²) < 4.78 is 13.9. The van der Waals surface area contributed by atoms with Crippen LogP contribution in [0.25, 0.3) is 11.0 Å². The van der Waals surface area contributed by atoms with Crippen LogP contribution in [0.1, 0.15) is 35.1 Å². The van der Waals surface area contributed by atoms with Crippen LogP contribution in [-0.4, -0.2) is 27.3 Å². The molecule has 0 unspecified atom stereocenters. The van der Waals surface area contributed by atoms with Crippen LogP contribution < -0.4 is 0 Å². The number of likely N-dealkylation sites (tertiary alicyclic amines) is 1. The summed E-state index contributed by atoms with van der Waals surface area (Å²) in [6.45, 7) is 0.620. The summed E-state index contributed by atoms with van der Waals surface area (Å²) in [7, 11) is 0. The van der Waals surface area contributed by atoms with Crippen molar-refractivity contribution in [2.24, 2.45) is 0 Å². The first kappa shape index (κ1) is 13.9. The fraction of sp³-hybridized carbons (Fsp3) is 0.222. The van der Waals surface area contributed by atoms with E-state index in [2.05, 4.69) is 9.97 Å². The molecular weight excluding hydrogens is 293 g/mol. The third-order valence-electron chi connectivity index (χ3n) is 4.34. The quantitative estimate of drug-likeness (QED) is 0.785. The second-order valence-corrected chi connectivity index (χ2v) is 5.78. The Morgan fingerprint density at radius 1 is 1.17 bits per heavy atom. The van der Waals surface area contributed by atoms with Crippen molar-refractivity contribution in [2.75, 3.05) is 6.54 Å². The maximum Gasteiger partial charge on any atom is 0.257 e. The monoisotopic (exact) mass is 309 g/mol. The van der Waals surface area contributed by atoms with Gasteiger partial charge in [-0.2, -0.15) is 0 Å². The molecule has 1 aliphatic heterocycles. The van der Waals surface area contributed by atoms with Crippen LogP contribution in [0.5, 0.6) is 0 Å². The van der Waals surface area contributed by atoms with Gasteiger partial charge in [-0.15, -0.1) is 0 Å². The zero-order valence-electron chi connectivity index (χ0n) is 12.5. The average Bonchev–Trinajstić information content (AvgIpc) is 3.21. The molecule has 4 nitrogen and oxygen atoms in total. The number of halogens is 1. The van der Waals surface area contributed by atoms with E-state index < -0.39 is 5.82 Å². The highest BCUT2D eigenvalue weighted by Crippen LogP contribution is 2.32. The Hall–Kier alpha value is -2.69. The molecule has 1 aliphatic rings. The summed E-state index contributed by atoms with van der Waals surface area (Å²) in [6.07, 6.45) is 1.72. The van der Waals surface area contributed by atoms with Crippen molar-refractivity contribution < 1.29 is 9.18 Å². The van der Waals surface area contributed by atoms with Gasteiger partial charge in [-0.3, -0.25) is 4.79 Å². The summed E-state index contributed by atoms with van der Waals surface area (Å²) in [4.78, 5) is 22.3. The van der Waals surface area contributed by atoms with E-state index in [1.807, 2.05) is 24.3 Å². The van der Waals surface area contributed by atoms with Crippen molar-refractivity contribution in [1.29, 1.82) is 0 Å². The van der Waals surface area contributed by atoms with E-state index in [-0.39, 0.29) is 17.5 Å². The zero-order valence-corrected chi connectivity index (χ0v) is 12.5. The van der Waals surface area contributed by atoms with Crippen molar-refractivity contribution in [1.82, 2.24) is 14.9 Å². The van der Waals surface area contributed by atoms with Crippen molar-refractivity contribution in [3.8, 4) is 0 Å². The van der Waals surface area contributed by atoms with Gasteiger partial charge in [0.25, 0.3) is 5.91 Å². The Morgan fingerprint density at radius 2 is 1.96 bits per heavy atom. The maximum absolute atomic E-state index is 13.9. The highest BCUT2D eigenvalue weighted by atomic mass is 19.1. The number of hydrogen-bond donors (Lipinski definition) is 1. The van der Waals surface area contributed by atoms with E-state index in [9.17, 15) is 9.18 Å². The molecule has 1 N–H and O–H groups in total. The minimum absolute atomic E-state index is 0.121. The molecule has 0 bridgehead atoms. The molecule has 5 heteroatoms. The third kappa shape index (κ3) is 2.38. The van der Waals surface area contributed by atoms with E-state index in [0.29, 0.717) is 6.54 Å². The number of H-pyrrole nitrogens is 1. The summed E-state index contributed by atoms with van der Waals surface area (Å²) in [6, 6.07) is 13.8. The summed E-state index contributed by atoms with van der Waals surface area (Å²) in [5, 5.41) is 0. The van der Waals surface area contributed by atoms with E-state index in [0.717, 1.165) is 29.7 Å². The third-order valence-corrected chi connectivity index (χ3v) is 4.34. The van der Waals surface area contributed by atoms with Crippen molar-refractivity contribution in [3.05, 3.63) is 65.7 Å². The second kappa shape index (κ2) is 5.50. The van der Waals surface area contributed by atoms with E-state index in [1.165, 1.54) is 12.1 Å². The molecule has 4 rings (SSSR count). The molecule has 0 spiro atoms. The lowest BCUT2D eigenvalue weighted by Gasteiger charge is -2.23. The van der Waals surface area contributed by atoms with Gasteiger partial charge in [0.2, 0.25) is 0 Å². The van der Waals surface area contributed by atoms with Gasteiger partial charge in [0.05, 0.1) is 22.6 Å². The lowest BCUT2D eigenvalue weighted by Crippen LogP contribution is -2.31. The van der Waals surface area contributed by atoms with Crippen LogP contribution in [-0.2, 0) is 0 Å². The number of hydrogen-bond acceptors (Lipinski definition) is 2. The minimum atomic E-state index is -0.479. The number of imidazole rings is 1. The van der Waals surface area contributed by atoms with Gasteiger partial charge >= 0.3 is 0 Å². The van der Waals surface area contributed by atoms with Crippen LogP contribution in [0, 0.1) is 5.82 Å². The minimum Gasteiger partial charge on any atom is -0.340 e. The molecule has 1 fully saturated rings. The average molecular weight is 309 g/mol. The molecule has 2 heterocycles. The number of aromatic amines is 1. The first-order valence-corrected chi connectivity index (χ1v) is 7.74. The largest absolute Gasteiger partial charge is 0.340 e. The molecular formula is C18H16FN3O. The van der Waals surface area contributed by atoms with Crippen LogP contribution in [0.3, 0.4) is 0 Å². The number of nitrogens with one attached hydrogen (secondary N) is 1. The maximum atomic E-state index is 13.9. The summed E-state index contributed by atoms with van der Waals surface area (Å²) >= 11 is 0. The van der Waals surface area contributed by atoms with Crippen LogP contribution in [0.15, 0.2) is 48.5 Å². The number of rotatable bonds is 2. The van der Waals surface area contributed by atoms with Crippen molar-refractivity contribution in [3.63, 3.8) is 0 Å². The molecule has 0 radical (unpaired) electrons. The Kier molecular flexibility index (Phi) is 3.33.